The molecule has 1 fully saturated rings. The van der Waals surface area contributed by atoms with Crippen LogP contribution in [0.1, 0.15) is 37.7 Å². The van der Waals surface area contributed by atoms with Crippen LogP contribution in [-0.2, 0) is 9.53 Å². The number of piperidine rings is 1. The van der Waals surface area contributed by atoms with Crippen molar-refractivity contribution in [3.63, 3.8) is 0 Å². The number of hydrogen-bond acceptors (Lipinski definition) is 4. The minimum Gasteiger partial charge on any atom is -0.496 e. The highest BCUT2D eigenvalue weighted by molar-refractivity contribution is 5.81. The summed E-state index contributed by atoms with van der Waals surface area (Å²) in [7, 11) is 3.07. The lowest BCUT2D eigenvalue weighted by Gasteiger charge is -2.40. The Kier molecular flexibility index (Phi) is 4.65. The van der Waals surface area contributed by atoms with Crippen LogP contribution in [0.2, 0.25) is 0 Å². The smallest absolute Gasteiger partial charge is 0.315 e. The van der Waals surface area contributed by atoms with Crippen molar-refractivity contribution in [1.82, 2.24) is 5.32 Å². The first-order chi connectivity index (χ1) is 9.62. The van der Waals surface area contributed by atoms with Crippen LogP contribution in [0, 0.1) is 0 Å². The van der Waals surface area contributed by atoms with E-state index in [4.69, 9.17) is 9.47 Å². The van der Waals surface area contributed by atoms with E-state index in [9.17, 15) is 4.79 Å². The number of para-hydroxylation sites is 1. The Labute approximate surface area is 120 Å². The van der Waals surface area contributed by atoms with Crippen molar-refractivity contribution < 1.29 is 14.3 Å². The fourth-order valence-electron chi connectivity index (χ4n) is 3.08. The Balaban J connectivity index is 2.44. The molecule has 1 aromatic carbocycles. The SMILES string of the molecule is COC(=O)[C@H](c1ccccc1OC)[C@@]1(C)CCCCN1. The van der Waals surface area contributed by atoms with E-state index in [0.29, 0.717) is 0 Å². The molecule has 0 saturated carbocycles. The molecule has 0 bridgehead atoms. The quantitative estimate of drug-likeness (QED) is 0.859. The Hall–Kier alpha value is -1.55. The molecule has 1 aliphatic rings. The molecule has 1 aliphatic heterocycles. The molecule has 0 radical (unpaired) electrons. The summed E-state index contributed by atoms with van der Waals surface area (Å²) in [5.41, 5.74) is 0.596. The average molecular weight is 277 g/mol. The number of rotatable bonds is 4. The first-order valence-electron chi connectivity index (χ1n) is 7.08. The Morgan fingerprint density at radius 2 is 2.05 bits per heavy atom. The molecule has 0 spiro atoms. The number of nitrogens with one attached hydrogen (secondary N) is 1. The zero-order valence-corrected chi connectivity index (χ0v) is 12.4. The molecule has 0 amide bonds. The number of esters is 1. The zero-order chi connectivity index (χ0) is 14.6. The molecule has 4 nitrogen and oxygen atoms in total. The minimum absolute atomic E-state index is 0.216. The van der Waals surface area contributed by atoms with E-state index in [1.165, 1.54) is 7.11 Å². The molecule has 0 unspecified atom stereocenters. The van der Waals surface area contributed by atoms with Crippen LogP contribution >= 0.6 is 0 Å². The summed E-state index contributed by atoms with van der Waals surface area (Å²) in [6.45, 7) is 3.03. The predicted octanol–water partition coefficient (Wildman–Crippen LogP) is 2.48. The lowest BCUT2D eigenvalue weighted by molar-refractivity contribution is -0.144. The van der Waals surface area contributed by atoms with Gasteiger partial charge in [-0.1, -0.05) is 24.6 Å². The maximum atomic E-state index is 12.4. The van der Waals surface area contributed by atoms with Gasteiger partial charge in [0.1, 0.15) is 11.7 Å². The fraction of sp³-hybridized carbons (Fsp3) is 0.562. The van der Waals surface area contributed by atoms with Gasteiger partial charge < -0.3 is 14.8 Å². The Morgan fingerprint density at radius 3 is 2.65 bits per heavy atom. The van der Waals surface area contributed by atoms with Crippen LogP contribution < -0.4 is 10.1 Å². The van der Waals surface area contributed by atoms with E-state index in [0.717, 1.165) is 37.1 Å². The van der Waals surface area contributed by atoms with E-state index in [1.807, 2.05) is 24.3 Å². The summed E-state index contributed by atoms with van der Waals surface area (Å²) in [6.07, 6.45) is 3.21. The molecular weight excluding hydrogens is 254 g/mol. The van der Waals surface area contributed by atoms with Crippen LogP contribution in [-0.4, -0.2) is 32.3 Å². The highest BCUT2D eigenvalue weighted by atomic mass is 16.5. The number of hydrogen-bond donors (Lipinski definition) is 1. The highest BCUT2D eigenvalue weighted by Crippen LogP contribution is 2.39. The average Bonchev–Trinajstić information content (AvgIpc) is 2.48. The van der Waals surface area contributed by atoms with Crippen LogP contribution in [0.25, 0.3) is 0 Å². The maximum absolute atomic E-state index is 12.4. The van der Waals surface area contributed by atoms with Crippen molar-refractivity contribution in [1.29, 1.82) is 0 Å². The van der Waals surface area contributed by atoms with Crippen LogP contribution in [0.4, 0.5) is 0 Å². The van der Waals surface area contributed by atoms with Gasteiger partial charge in [0, 0.05) is 11.1 Å². The lowest BCUT2D eigenvalue weighted by Crippen LogP contribution is -2.53. The van der Waals surface area contributed by atoms with Gasteiger partial charge in [0.2, 0.25) is 0 Å². The molecule has 110 valence electrons. The van der Waals surface area contributed by atoms with E-state index in [1.54, 1.807) is 7.11 Å². The molecule has 1 N–H and O–H groups in total. The third-order valence-electron chi connectivity index (χ3n) is 4.18. The third-order valence-corrected chi connectivity index (χ3v) is 4.18. The fourth-order valence-corrected chi connectivity index (χ4v) is 3.08. The van der Waals surface area contributed by atoms with Crippen LogP contribution in [0.3, 0.4) is 0 Å². The first-order valence-corrected chi connectivity index (χ1v) is 7.08. The second-order valence-electron chi connectivity index (χ2n) is 5.50. The molecule has 4 heteroatoms. The molecule has 0 aliphatic carbocycles. The Bertz CT molecular complexity index is 467. The van der Waals surface area contributed by atoms with E-state index < -0.39 is 0 Å². The van der Waals surface area contributed by atoms with Gasteiger partial charge >= 0.3 is 5.97 Å². The third kappa shape index (κ3) is 2.80. The summed E-state index contributed by atoms with van der Waals surface area (Å²) in [5.74, 6) is 0.159. The van der Waals surface area contributed by atoms with Crippen LogP contribution in [0.5, 0.6) is 5.75 Å². The molecule has 1 heterocycles. The summed E-state index contributed by atoms with van der Waals surface area (Å²) in [5, 5.41) is 3.50. The molecule has 2 rings (SSSR count). The van der Waals surface area contributed by atoms with Crippen molar-refractivity contribution >= 4 is 5.97 Å². The lowest BCUT2D eigenvalue weighted by atomic mass is 9.75. The van der Waals surface area contributed by atoms with E-state index >= 15 is 0 Å². The van der Waals surface area contributed by atoms with Gasteiger partial charge in [0.25, 0.3) is 0 Å². The summed E-state index contributed by atoms with van der Waals surface area (Å²) in [6, 6.07) is 7.67. The monoisotopic (exact) mass is 277 g/mol. The molecule has 0 aromatic heterocycles. The van der Waals surface area contributed by atoms with Crippen molar-refractivity contribution in [2.24, 2.45) is 0 Å². The van der Waals surface area contributed by atoms with Crippen molar-refractivity contribution in [2.75, 3.05) is 20.8 Å². The number of ether oxygens (including phenoxy) is 2. The summed E-state index contributed by atoms with van der Waals surface area (Å²) in [4.78, 5) is 12.4. The van der Waals surface area contributed by atoms with Crippen molar-refractivity contribution in [3.8, 4) is 5.75 Å². The number of benzene rings is 1. The largest absolute Gasteiger partial charge is 0.496 e. The summed E-state index contributed by atoms with van der Waals surface area (Å²) < 4.78 is 10.5. The normalized spacial score (nSPS) is 23.9. The van der Waals surface area contributed by atoms with Gasteiger partial charge in [-0.2, -0.15) is 0 Å². The van der Waals surface area contributed by atoms with Gasteiger partial charge in [-0.25, -0.2) is 0 Å². The highest BCUT2D eigenvalue weighted by Gasteiger charge is 2.42. The minimum atomic E-state index is -0.357. The molecule has 1 aromatic rings. The predicted molar refractivity (Wildman–Crippen MR) is 78.0 cm³/mol. The van der Waals surface area contributed by atoms with Crippen LogP contribution in [0.15, 0.2) is 24.3 Å². The van der Waals surface area contributed by atoms with Gasteiger partial charge in [-0.05, 0) is 32.4 Å². The van der Waals surface area contributed by atoms with E-state index in [-0.39, 0.29) is 17.4 Å². The van der Waals surface area contributed by atoms with Crippen molar-refractivity contribution in [3.05, 3.63) is 29.8 Å². The van der Waals surface area contributed by atoms with E-state index in [2.05, 4.69) is 12.2 Å². The number of carbonyl (C=O) groups excluding carboxylic acids is 1. The Morgan fingerprint density at radius 1 is 1.30 bits per heavy atom. The van der Waals surface area contributed by atoms with Gasteiger partial charge in [0.15, 0.2) is 0 Å². The molecular formula is C16H23NO3. The zero-order valence-electron chi connectivity index (χ0n) is 12.4. The second kappa shape index (κ2) is 6.27. The number of methoxy groups -OCH3 is 2. The van der Waals surface area contributed by atoms with Crippen molar-refractivity contribution in [2.45, 2.75) is 37.6 Å². The maximum Gasteiger partial charge on any atom is 0.315 e. The van der Waals surface area contributed by atoms with Gasteiger partial charge in [-0.3, -0.25) is 4.79 Å². The topological polar surface area (TPSA) is 47.6 Å². The summed E-state index contributed by atoms with van der Waals surface area (Å²) >= 11 is 0. The first kappa shape index (κ1) is 14.9. The standard InChI is InChI=1S/C16H23NO3/c1-16(10-6-7-11-17-16)14(15(18)20-3)12-8-4-5-9-13(12)19-2/h4-5,8-9,14,17H,6-7,10-11H2,1-3H3/t14-,16+/m0/s1. The molecule has 20 heavy (non-hydrogen) atoms. The molecule has 1 saturated heterocycles. The van der Waals surface area contributed by atoms with Gasteiger partial charge in [0.05, 0.1) is 14.2 Å². The van der Waals surface area contributed by atoms with Gasteiger partial charge in [-0.15, -0.1) is 0 Å². The number of carbonyl (C=O) groups is 1. The molecule has 2 atom stereocenters. The second-order valence-corrected chi connectivity index (χ2v) is 5.50.